The molecule has 3 atom stereocenters. The van der Waals surface area contributed by atoms with Crippen molar-refractivity contribution in [1.29, 1.82) is 0 Å². The molecule has 1 saturated heterocycles. The average molecular weight is 415 g/mol. The minimum Gasteiger partial charge on any atom is -0.431 e. The van der Waals surface area contributed by atoms with Gasteiger partial charge >= 0.3 is 11.8 Å². The van der Waals surface area contributed by atoms with Gasteiger partial charge in [0.15, 0.2) is 0 Å². The minimum atomic E-state index is -0.923. The molecule has 2 aliphatic rings. The lowest BCUT2D eigenvalue weighted by molar-refractivity contribution is -0.0595. The molecule has 0 bridgehead atoms. The van der Waals surface area contributed by atoms with E-state index < -0.39 is 30.3 Å². The number of nitrogens with zero attached hydrogens (tertiary/aromatic N) is 2. The van der Waals surface area contributed by atoms with E-state index in [1.165, 1.54) is 16.8 Å². The summed E-state index contributed by atoms with van der Waals surface area (Å²) < 4.78 is 16.8. The Kier molecular flexibility index (Phi) is 5.77. The number of amides is 1. The molecular weight excluding hydrogens is 394 g/mol. The van der Waals surface area contributed by atoms with Crippen molar-refractivity contribution in [2.45, 2.75) is 43.8 Å². The number of carbonyl (C=O) groups excluding carboxylic acids is 2. The van der Waals surface area contributed by atoms with Crippen molar-refractivity contribution < 1.29 is 28.9 Å². The van der Waals surface area contributed by atoms with E-state index in [4.69, 9.17) is 14.2 Å². The smallest absolute Gasteiger partial charge is 0.431 e. The number of carbonyl (C=O) groups is 2. The number of ether oxygens (including phenoxy) is 3. The second-order valence-electron chi connectivity index (χ2n) is 7.13. The van der Waals surface area contributed by atoms with Crippen LogP contribution in [0.3, 0.4) is 0 Å². The maximum atomic E-state index is 12.4. The predicted molar refractivity (Wildman–Crippen MR) is 103 cm³/mol. The predicted octanol–water partition coefficient (Wildman–Crippen LogP) is 1.46. The summed E-state index contributed by atoms with van der Waals surface area (Å²) in [5.41, 5.74) is -0.207. The molecule has 158 valence electrons. The summed E-state index contributed by atoms with van der Waals surface area (Å²) in [5.74, 6) is -0.283. The summed E-state index contributed by atoms with van der Waals surface area (Å²) in [5, 5.41) is 12.7. The summed E-state index contributed by atoms with van der Waals surface area (Å²) in [6.07, 6.45) is -0.138. The van der Waals surface area contributed by atoms with Crippen LogP contribution >= 0.6 is 0 Å². The Morgan fingerprint density at radius 3 is 2.70 bits per heavy atom. The summed E-state index contributed by atoms with van der Waals surface area (Å²) in [6, 6.07) is 10.0. The molecule has 2 heterocycles. The Morgan fingerprint density at radius 1 is 1.23 bits per heavy atom. The van der Waals surface area contributed by atoms with Crippen LogP contribution < -0.4 is 11.0 Å². The fourth-order valence-corrected chi connectivity index (χ4v) is 3.02. The van der Waals surface area contributed by atoms with Gasteiger partial charge in [-0.05, 0) is 31.0 Å². The molecule has 1 amide bonds. The molecule has 10 heteroatoms. The lowest BCUT2D eigenvalue weighted by Gasteiger charge is -2.16. The van der Waals surface area contributed by atoms with Gasteiger partial charge in [-0.1, -0.05) is 18.2 Å². The van der Waals surface area contributed by atoms with Gasteiger partial charge in [-0.2, -0.15) is 4.98 Å². The van der Waals surface area contributed by atoms with Crippen LogP contribution in [0.5, 0.6) is 0 Å². The normalized spacial score (nSPS) is 23.0. The lowest BCUT2D eigenvalue weighted by Crippen LogP contribution is -2.29. The number of hydrogen-bond donors (Lipinski definition) is 2. The van der Waals surface area contributed by atoms with Crippen molar-refractivity contribution in [2.75, 3.05) is 11.9 Å². The van der Waals surface area contributed by atoms with Crippen LogP contribution in [0.25, 0.3) is 0 Å². The molecule has 1 aromatic carbocycles. The minimum absolute atomic E-state index is 0.0785. The molecule has 30 heavy (non-hydrogen) atoms. The van der Waals surface area contributed by atoms with Gasteiger partial charge in [0.2, 0.25) is 0 Å². The fraction of sp³-hybridized carbons (Fsp3) is 0.400. The molecule has 0 unspecified atom stereocenters. The van der Waals surface area contributed by atoms with Crippen LogP contribution in [-0.2, 0) is 14.2 Å². The van der Waals surface area contributed by atoms with E-state index in [0.29, 0.717) is 5.56 Å². The van der Waals surface area contributed by atoms with E-state index in [0.717, 1.165) is 12.8 Å². The van der Waals surface area contributed by atoms with E-state index in [1.807, 2.05) is 0 Å². The maximum Gasteiger partial charge on any atom is 0.508 e. The number of aliphatic hydroxyl groups is 1. The number of rotatable bonds is 6. The third-order valence-corrected chi connectivity index (χ3v) is 4.77. The molecule has 10 nitrogen and oxygen atoms in total. The molecule has 4 rings (SSSR count). The first kappa shape index (κ1) is 20.0. The molecule has 1 aliphatic heterocycles. The van der Waals surface area contributed by atoms with Gasteiger partial charge in [0, 0.05) is 18.2 Å². The molecule has 1 saturated carbocycles. The number of aliphatic hydroxyl groups excluding tert-OH is 1. The van der Waals surface area contributed by atoms with E-state index in [1.54, 1.807) is 30.3 Å². The van der Waals surface area contributed by atoms with Crippen molar-refractivity contribution in [3.05, 3.63) is 58.6 Å². The highest BCUT2D eigenvalue weighted by Crippen LogP contribution is 2.28. The van der Waals surface area contributed by atoms with Crippen molar-refractivity contribution in [3.8, 4) is 0 Å². The molecule has 1 aliphatic carbocycles. The van der Waals surface area contributed by atoms with Crippen LogP contribution in [0, 0.1) is 0 Å². The largest absolute Gasteiger partial charge is 0.508 e. The van der Waals surface area contributed by atoms with E-state index in [2.05, 4.69) is 10.3 Å². The van der Waals surface area contributed by atoms with E-state index >= 15 is 0 Å². The van der Waals surface area contributed by atoms with Crippen LogP contribution in [0.1, 0.15) is 35.8 Å². The van der Waals surface area contributed by atoms with Gasteiger partial charge < -0.3 is 24.6 Å². The first-order valence-corrected chi connectivity index (χ1v) is 9.62. The van der Waals surface area contributed by atoms with E-state index in [-0.39, 0.29) is 30.9 Å². The lowest BCUT2D eigenvalue weighted by atomic mass is 10.2. The van der Waals surface area contributed by atoms with Gasteiger partial charge in [-0.3, -0.25) is 9.36 Å². The van der Waals surface area contributed by atoms with Crippen LogP contribution in [0.2, 0.25) is 0 Å². The Bertz CT molecular complexity index is 974. The first-order chi connectivity index (χ1) is 14.5. The number of aromatic nitrogens is 2. The molecule has 2 N–H and O–H groups in total. The van der Waals surface area contributed by atoms with Gasteiger partial charge in [0.25, 0.3) is 5.91 Å². The third-order valence-electron chi connectivity index (χ3n) is 4.77. The summed E-state index contributed by atoms with van der Waals surface area (Å²) in [6.45, 7) is -0.184. The molecule has 0 radical (unpaired) electrons. The monoisotopic (exact) mass is 415 g/mol. The zero-order valence-corrected chi connectivity index (χ0v) is 16.0. The van der Waals surface area contributed by atoms with Gasteiger partial charge in [0.05, 0.1) is 6.10 Å². The number of anilines is 1. The number of nitrogens with one attached hydrogen (secondary N) is 1. The summed E-state index contributed by atoms with van der Waals surface area (Å²) >= 11 is 0. The molecule has 2 aromatic rings. The highest BCUT2D eigenvalue weighted by molar-refractivity contribution is 6.03. The van der Waals surface area contributed by atoms with Gasteiger partial charge in [-0.25, -0.2) is 9.59 Å². The summed E-state index contributed by atoms with van der Waals surface area (Å²) in [4.78, 5) is 39.9. The highest BCUT2D eigenvalue weighted by atomic mass is 16.7. The Balaban J connectivity index is 1.35. The van der Waals surface area contributed by atoms with E-state index in [9.17, 15) is 19.5 Å². The third kappa shape index (κ3) is 4.84. The number of benzene rings is 1. The quantitative estimate of drug-likeness (QED) is 0.679. The van der Waals surface area contributed by atoms with Crippen LogP contribution in [0.4, 0.5) is 10.6 Å². The standard InChI is InChI=1S/C20H21N3O7/c24-14-10-17(30-15(14)11-28-20(27)29-13-6-7-13)23-9-8-16(22-19(23)26)21-18(25)12-4-2-1-3-5-12/h1-5,8-9,13-15,17,24H,6-7,10-11H2,(H,21,22,25,26)/t14-,15+,17+/m0/s1. The number of hydrogen-bond acceptors (Lipinski definition) is 8. The zero-order chi connectivity index (χ0) is 21.1. The highest BCUT2D eigenvalue weighted by Gasteiger charge is 2.37. The van der Waals surface area contributed by atoms with Crippen LogP contribution in [0.15, 0.2) is 47.4 Å². The molecular formula is C20H21N3O7. The van der Waals surface area contributed by atoms with Crippen molar-refractivity contribution in [1.82, 2.24) is 9.55 Å². The Labute approximate surface area is 171 Å². The maximum absolute atomic E-state index is 12.4. The first-order valence-electron chi connectivity index (χ1n) is 9.62. The topological polar surface area (TPSA) is 129 Å². The second kappa shape index (κ2) is 8.64. The van der Waals surface area contributed by atoms with Crippen molar-refractivity contribution in [3.63, 3.8) is 0 Å². The zero-order valence-electron chi connectivity index (χ0n) is 16.0. The van der Waals surface area contributed by atoms with Crippen molar-refractivity contribution >= 4 is 17.9 Å². The average Bonchev–Trinajstić information content (AvgIpc) is 3.47. The second-order valence-corrected chi connectivity index (χ2v) is 7.13. The SMILES string of the molecule is O=C(OC[C@H]1O[C@@H](n2ccc(NC(=O)c3ccccc3)nc2=O)C[C@@H]1O)OC1CC1. The van der Waals surface area contributed by atoms with Gasteiger partial charge in [-0.15, -0.1) is 0 Å². The molecule has 1 aromatic heterocycles. The Morgan fingerprint density at radius 2 is 2.00 bits per heavy atom. The van der Waals surface area contributed by atoms with Gasteiger partial charge in [0.1, 0.15) is 30.9 Å². The fourth-order valence-electron chi connectivity index (χ4n) is 3.02. The Hall–Kier alpha value is -3.24. The summed E-state index contributed by atoms with van der Waals surface area (Å²) in [7, 11) is 0. The molecule has 0 spiro atoms. The van der Waals surface area contributed by atoms with Crippen LogP contribution in [-0.4, -0.2) is 51.6 Å². The van der Waals surface area contributed by atoms with Crippen molar-refractivity contribution in [2.24, 2.45) is 0 Å². The molecule has 2 fully saturated rings.